The summed E-state index contributed by atoms with van der Waals surface area (Å²) in [5.74, 6) is -2.96. The lowest BCUT2D eigenvalue weighted by Gasteiger charge is -2.26. The summed E-state index contributed by atoms with van der Waals surface area (Å²) in [6.07, 6.45) is -2.76. The van der Waals surface area contributed by atoms with Gasteiger partial charge in [0.25, 0.3) is 0 Å². The number of nitrogens with one attached hydrogen (secondary N) is 2. The molecule has 154 valence electrons. The molecule has 0 spiro atoms. The lowest BCUT2D eigenvalue weighted by Crippen LogP contribution is -2.39. The van der Waals surface area contributed by atoms with Crippen molar-refractivity contribution in [2.75, 3.05) is 23.3 Å². The van der Waals surface area contributed by atoms with E-state index in [2.05, 4.69) is 15.6 Å². The highest BCUT2D eigenvalue weighted by Gasteiger charge is 2.44. The van der Waals surface area contributed by atoms with Gasteiger partial charge in [-0.1, -0.05) is 23.7 Å². The summed E-state index contributed by atoms with van der Waals surface area (Å²) in [6, 6.07) is 8.34. The molecule has 29 heavy (non-hydrogen) atoms. The van der Waals surface area contributed by atoms with Gasteiger partial charge in [-0.25, -0.2) is 4.98 Å². The van der Waals surface area contributed by atoms with Crippen LogP contribution in [0, 0.1) is 5.92 Å². The van der Waals surface area contributed by atoms with Crippen molar-refractivity contribution in [1.29, 1.82) is 0 Å². The number of hydrogen-bond donors (Lipinski definition) is 2. The zero-order chi connectivity index (χ0) is 21.0. The van der Waals surface area contributed by atoms with E-state index in [0.717, 1.165) is 6.20 Å². The van der Waals surface area contributed by atoms with Gasteiger partial charge >= 0.3 is 12.1 Å². The van der Waals surface area contributed by atoms with E-state index in [1.54, 1.807) is 6.07 Å². The second-order valence-corrected chi connectivity index (χ2v) is 6.94. The zero-order valence-corrected chi connectivity index (χ0v) is 15.9. The Morgan fingerprint density at radius 1 is 1.14 bits per heavy atom. The molecule has 6 nitrogen and oxygen atoms in total. The molecule has 0 saturated carbocycles. The standard InChI is InChI=1S/C19H18ClF3N4O2/c20-13-5-6-16(25-11-13)27(18(29)19(21,22)23)15-4-2-1-3-14(15)26-17(28)12-7-9-24-10-8-12/h1-6,11-12,24H,7-10H2,(H,26,28). The molecule has 1 fully saturated rings. The Morgan fingerprint density at radius 3 is 2.45 bits per heavy atom. The van der Waals surface area contributed by atoms with Gasteiger partial charge in [0.15, 0.2) is 0 Å². The van der Waals surface area contributed by atoms with Gasteiger partial charge in [0.2, 0.25) is 5.91 Å². The predicted octanol–water partition coefficient (Wildman–Crippen LogP) is 3.90. The SMILES string of the molecule is O=C(Nc1ccccc1N(C(=O)C(F)(F)F)c1ccc(Cl)cn1)C1CCNCC1. The number of carbonyl (C=O) groups excluding carboxylic acids is 2. The van der Waals surface area contributed by atoms with Crippen LogP contribution in [0.4, 0.5) is 30.4 Å². The van der Waals surface area contributed by atoms with Crippen LogP contribution in [-0.4, -0.2) is 36.1 Å². The third-order valence-corrected chi connectivity index (χ3v) is 4.72. The van der Waals surface area contributed by atoms with E-state index in [0.29, 0.717) is 30.8 Å². The van der Waals surface area contributed by atoms with Crippen LogP contribution in [0.15, 0.2) is 42.6 Å². The summed E-state index contributed by atoms with van der Waals surface area (Å²) in [5, 5.41) is 6.02. The fourth-order valence-electron chi connectivity index (χ4n) is 3.06. The van der Waals surface area contributed by atoms with E-state index in [9.17, 15) is 22.8 Å². The Kier molecular flexibility index (Phi) is 6.39. The number of alkyl halides is 3. The minimum atomic E-state index is -5.15. The average molecular weight is 427 g/mol. The van der Waals surface area contributed by atoms with Crippen LogP contribution in [0.1, 0.15) is 12.8 Å². The van der Waals surface area contributed by atoms with Crippen molar-refractivity contribution in [1.82, 2.24) is 10.3 Å². The molecule has 0 unspecified atom stereocenters. The molecule has 2 N–H and O–H groups in total. The quantitative estimate of drug-likeness (QED) is 0.777. The van der Waals surface area contributed by atoms with E-state index in [4.69, 9.17) is 11.6 Å². The zero-order valence-electron chi connectivity index (χ0n) is 15.2. The van der Waals surface area contributed by atoms with Crippen molar-refractivity contribution in [3.05, 3.63) is 47.6 Å². The van der Waals surface area contributed by atoms with Gasteiger partial charge in [-0.15, -0.1) is 0 Å². The molecule has 0 bridgehead atoms. The number of anilines is 3. The maximum absolute atomic E-state index is 13.3. The topological polar surface area (TPSA) is 74.3 Å². The average Bonchev–Trinajstić information content (AvgIpc) is 2.70. The van der Waals surface area contributed by atoms with Gasteiger partial charge in [0.05, 0.1) is 16.4 Å². The summed E-state index contributed by atoms with van der Waals surface area (Å²) < 4.78 is 39.9. The van der Waals surface area contributed by atoms with Crippen molar-refractivity contribution < 1.29 is 22.8 Å². The van der Waals surface area contributed by atoms with E-state index in [1.165, 1.54) is 30.3 Å². The minimum absolute atomic E-state index is 0.0883. The molecular formula is C19H18ClF3N4O2. The molecule has 2 amide bonds. The summed E-state index contributed by atoms with van der Waals surface area (Å²) in [7, 11) is 0. The summed E-state index contributed by atoms with van der Waals surface area (Å²) in [4.78, 5) is 29.1. The number of pyridine rings is 1. The lowest BCUT2D eigenvalue weighted by molar-refractivity contribution is -0.169. The van der Waals surface area contributed by atoms with Crippen LogP contribution in [-0.2, 0) is 9.59 Å². The first kappa shape index (κ1) is 21.1. The van der Waals surface area contributed by atoms with Gasteiger partial charge < -0.3 is 10.6 Å². The number of benzene rings is 1. The third kappa shape index (κ3) is 5.04. The van der Waals surface area contributed by atoms with Gasteiger partial charge in [0.1, 0.15) is 5.82 Å². The Morgan fingerprint density at radius 2 is 1.83 bits per heavy atom. The van der Waals surface area contributed by atoms with E-state index >= 15 is 0 Å². The number of hydrogen-bond acceptors (Lipinski definition) is 4. The second-order valence-electron chi connectivity index (χ2n) is 6.50. The lowest BCUT2D eigenvalue weighted by atomic mass is 9.97. The molecule has 1 aromatic carbocycles. The number of amides is 2. The monoisotopic (exact) mass is 426 g/mol. The highest BCUT2D eigenvalue weighted by Crippen LogP contribution is 2.35. The Bertz CT molecular complexity index is 884. The van der Waals surface area contributed by atoms with Gasteiger partial charge in [-0.3, -0.25) is 14.5 Å². The number of rotatable bonds is 4. The number of carbonyl (C=O) groups is 2. The molecule has 2 aromatic rings. The summed E-state index contributed by atoms with van der Waals surface area (Å²) in [6.45, 7) is 1.38. The fraction of sp³-hybridized carbons (Fsp3) is 0.316. The minimum Gasteiger partial charge on any atom is -0.324 e. The maximum atomic E-state index is 13.3. The van der Waals surface area contributed by atoms with E-state index in [-0.39, 0.29) is 34.0 Å². The Balaban J connectivity index is 1.98. The molecule has 1 aliphatic rings. The summed E-state index contributed by atoms with van der Waals surface area (Å²) >= 11 is 5.77. The number of aromatic nitrogens is 1. The van der Waals surface area contributed by atoms with Crippen molar-refractivity contribution >= 4 is 40.6 Å². The molecule has 2 heterocycles. The van der Waals surface area contributed by atoms with E-state index in [1.807, 2.05) is 0 Å². The normalized spacial score (nSPS) is 15.0. The molecular weight excluding hydrogens is 409 g/mol. The maximum Gasteiger partial charge on any atom is 0.472 e. The first-order valence-electron chi connectivity index (χ1n) is 8.91. The highest BCUT2D eigenvalue weighted by molar-refractivity contribution is 6.30. The van der Waals surface area contributed by atoms with Crippen LogP contribution < -0.4 is 15.5 Å². The van der Waals surface area contributed by atoms with Gasteiger partial charge in [0, 0.05) is 12.1 Å². The molecule has 3 rings (SSSR count). The molecule has 0 aliphatic carbocycles. The Labute approximate surface area is 170 Å². The van der Waals surface area contributed by atoms with Crippen molar-refractivity contribution in [3.63, 3.8) is 0 Å². The van der Waals surface area contributed by atoms with Crippen molar-refractivity contribution in [3.8, 4) is 0 Å². The van der Waals surface area contributed by atoms with Gasteiger partial charge in [-0.05, 0) is 50.2 Å². The van der Waals surface area contributed by atoms with Crippen LogP contribution in [0.2, 0.25) is 5.02 Å². The molecule has 1 aromatic heterocycles. The van der Waals surface area contributed by atoms with Crippen LogP contribution >= 0.6 is 11.6 Å². The smallest absolute Gasteiger partial charge is 0.324 e. The molecule has 1 saturated heterocycles. The molecule has 10 heteroatoms. The van der Waals surface area contributed by atoms with Crippen molar-refractivity contribution in [2.45, 2.75) is 19.0 Å². The first-order chi connectivity index (χ1) is 13.8. The largest absolute Gasteiger partial charge is 0.472 e. The predicted molar refractivity (Wildman–Crippen MR) is 103 cm³/mol. The van der Waals surface area contributed by atoms with Crippen LogP contribution in [0.5, 0.6) is 0 Å². The van der Waals surface area contributed by atoms with Crippen molar-refractivity contribution in [2.24, 2.45) is 5.92 Å². The molecule has 0 atom stereocenters. The second kappa shape index (κ2) is 8.79. The number of piperidine rings is 1. The summed E-state index contributed by atoms with van der Waals surface area (Å²) in [5.41, 5.74) is -0.0442. The molecule has 0 radical (unpaired) electrons. The molecule has 1 aliphatic heterocycles. The third-order valence-electron chi connectivity index (χ3n) is 4.50. The van der Waals surface area contributed by atoms with Crippen LogP contribution in [0.25, 0.3) is 0 Å². The number of halogens is 4. The van der Waals surface area contributed by atoms with E-state index < -0.39 is 12.1 Å². The van der Waals surface area contributed by atoms with Gasteiger partial charge in [-0.2, -0.15) is 13.2 Å². The van der Waals surface area contributed by atoms with Crippen LogP contribution in [0.3, 0.4) is 0 Å². The number of nitrogens with zero attached hydrogens (tertiary/aromatic N) is 2. The highest BCUT2D eigenvalue weighted by atomic mass is 35.5. The Hall–Kier alpha value is -2.65. The first-order valence-corrected chi connectivity index (χ1v) is 9.28. The number of para-hydroxylation sites is 2. The fourth-order valence-corrected chi connectivity index (χ4v) is 3.17.